The molecule has 0 fully saturated rings. The largest absolute Gasteiger partial charge is 2.00 e. The molecule has 0 aromatic carbocycles. The smallest absolute Gasteiger partial charge is 2.00 e. The van der Waals surface area contributed by atoms with E-state index >= 15 is 0 Å². The summed E-state index contributed by atoms with van der Waals surface area (Å²) in [6.45, 7) is 0. The second-order valence-electron chi connectivity index (χ2n) is 0. The number of rotatable bonds is 0. The molecule has 0 bridgehead atoms. The molecule has 0 atom stereocenters. The zero-order valence-electron chi connectivity index (χ0n) is 5.43. The van der Waals surface area contributed by atoms with Crippen molar-refractivity contribution in [1.82, 2.24) is 0 Å². The predicted molar refractivity (Wildman–Crippen MR) is 9.78 cm³/mol. The Hall–Kier alpha value is 3.35. The SMILES string of the molecule is [Ca+2].[H-].[H-].[H-].[K+].[Ni+2].[O-2]. The van der Waals surface area contributed by atoms with Crippen molar-refractivity contribution < 1.29 is 77.6 Å². The summed E-state index contributed by atoms with van der Waals surface area (Å²) in [5.41, 5.74) is 0. The maximum absolute atomic E-state index is 0. The second kappa shape index (κ2) is 16.2. The van der Waals surface area contributed by atoms with E-state index in [1.165, 1.54) is 0 Å². The van der Waals surface area contributed by atoms with Crippen LogP contribution in [-0.2, 0) is 22.0 Å². The summed E-state index contributed by atoms with van der Waals surface area (Å²) in [5, 5.41) is 0. The van der Waals surface area contributed by atoms with E-state index in [1.807, 2.05) is 0 Å². The van der Waals surface area contributed by atoms with Gasteiger partial charge in [-0.3, -0.25) is 0 Å². The van der Waals surface area contributed by atoms with Crippen molar-refractivity contribution in [3.63, 3.8) is 0 Å². The molecule has 0 aromatic rings. The second-order valence-corrected chi connectivity index (χ2v) is 0. The fraction of sp³-hybridized carbons (Fsp3) is 0. The fourth-order valence-corrected chi connectivity index (χ4v) is 0. The Morgan fingerprint density at radius 1 is 1.25 bits per heavy atom. The zero-order chi connectivity index (χ0) is 0. The van der Waals surface area contributed by atoms with Crippen LogP contribution in [0.15, 0.2) is 0 Å². The maximum atomic E-state index is 0. The van der Waals surface area contributed by atoms with Gasteiger partial charge < -0.3 is 9.76 Å². The zero-order valence-corrected chi connectivity index (χ0v) is 8.75. The van der Waals surface area contributed by atoms with E-state index in [0.717, 1.165) is 0 Å². The third kappa shape index (κ3) is 9.02. The van der Waals surface area contributed by atoms with Gasteiger partial charge in [-0.05, 0) is 0 Å². The maximum Gasteiger partial charge on any atom is 2.00 e. The van der Waals surface area contributed by atoms with Crippen molar-refractivity contribution in [3.8, 4) is 0 Å². The Balaban J connectivity index is 0. The summed E-state index contributed by atoms with van der Waals surface area (Å²) in [4.78, 5) is 0. The van der Waals surface area contributed by atoms with E-state index in [4.69, 9.17) is 0 Å². The predicted octanol–water partition coefficient (Wildman–Crippen LogP) is -3.16. The third-order valence-electron chi connectivity index (χ3n) is 0. The van der Waals surface area contributed by atoms with Crippen LogP contribution >= 0.6 is 0 Å². The van der Waals surface area contributed by atoms with Gasteiger partial charge in [-0.1, -0.05) is 0 Å². The molecule has 0 aromatic heterocycles. The Bertz CT molecular complexity index is 14.9. The van der Waals surface area contributed by atoms with Crippen molar-refractivity contribution in [3.05, 3.63) is 0 Å². The van der Waals surface area contributed by atoms with Gasteiger partial charge in [0, 0.05) is 0 Å². The topological polar surface area (TPSA) is 28.5 Å². The van der Waals surface area contributed by atoms with E-state index in [9.17, 15) is 0 Å². The van der Waals surface area contributed by atoms with Crippen LogP contribution in [0, 0.1) is 0 Å². The molecule has 0 aliphatic rings. The Kier molecular flexibility index (Phi) is 107. The molecule has 4 heavy (non-hydrogen) atoms. The van der Waals surface area contributed by atoms with Crippen LogP contribution < -0.4 is 51.4 Å². The van der Waals surface area contributed by atoms with E-state index < -0.39 is 0 Å². The summed E-state index contributed by atoms with van der Waals surface area (Å²) in [5.74, 6) is 0. The molecule has 0 saturated heterocycles. The van der Waals surface area contributed by atoms with Crippen molar-refractivity contribution in [2.75, 3.05) is 0 Å². The molecule has 0 spiro atoms. The van der Waals surface area contributed by atoms with Crippen LogP contribution in [0.4, 0.5) is 0 Å². The minimum Gasteiger partial charge on any atom is -2.00 e. The molecule has 0 heterocycles. The first-order chi connectivity index (χ1) is 0. The Morgan fingerprint density at radius 3 is 1.25 bits per heavy atom. The molecule has 1 nitrogen and oxygen atoms in total. The van der Waals surface area contributed by atoms with Gasteiger partial charge in [0.2, 0.25) is 0 Å². The first-order valence-electron chi connectivity index (χ1n) is 0. The van der Waals surface area contributed by atoms with E-state index in [1.54, 1.807) is 0 Å². The third-order valence-corrected chi connectivity index (χ3v) is 0. The number of hydrogen-bond acceptors (Lipinski definition) is 0. The standard InChI is InChI=1S/Ca.K.Ni.O.3H/q+2;+1;+2;-2;3*-1. The van der Waals surface area contributed by atoms with Gasteiger partial charge in [0.25, 0.3) is 0 Å². The average molecular weight is 157 g/mol. The summed E-state index contributed by atoms with van der Waals surface area (Å²) in [6.07, 6.45) is 0. The van der Waals surface area contributed by atoms with Crippen LogP contribution in [0.2, 0.25) is 0 Å². The molecule has 0 unspecified atom stereocenters. The van der Waals surface area contributed by atoms with Gasteiger partial charge >= 0.3 is 106 Å². The molecule has 0 N–H and O–H groups in total. The van der Waals surface area contributed by atoms with Gasteiger partial charge in [-0.15, -0.1) is 0 Å². The van der Waals surface area contributed by atoms with Crippen LogP contribution in [0.1, 0.15) is 4.28 Å². The summed E-state index contributed by atoms with van der Waals surface area (Å²) >= 11 is 0. The molecule has 0 aliphatic carbocycles. The monoisotopic (exact) mass is 156 g/mol. The van der Waals surface area contributed by atoms with Gasteiger partial charge in [0.05, 0.1) is 0 Å². The van der Waals surface area contributed by atoms with E-state index in [0.29, 0.717) is 0 Å². The molecule has 0 radical (unpaired) electrons. The Morgan fingerprint density at radius 2 is 1.25 bits per heavy atom. The van der Waals surface area contributed by atoms with Crippen molar-refractivity contribution in [1.29, 1.82) is 0 Å². The quantitative estimate of drug-likeness (QED) is 0.332. The van der Waals surface area contributed by atoms with Crippen molar-refractivity contribution in [2.24, 2.45) is 0 Å². The molecular weight excluding hydrogens is 154 g/mol. The van der Waals surface area contributed by atoms with Crippen LogP contribution in [0.5, 0.6) is 0 Å². The molecule has 0 saturated carbocycles. The normalized spacial score (nSPS) is 0. The van der Waals surface area contributed by atoms with Gasteiger partial charge in [-0.2, -0.15) is 0 Å². The van der Waals surface area contributed by atoms with Gasteiger partial charge in [0.15, 0.2) is 0 Å². The fourth-order valence-electron chi connectivity index (χ4n) is 0. The molecular formula is H3CaKNiO. The first kappa shape index (κ1) is 26.4. The number of hydrogen-bond donors (Lipinski definition) is 0. The van der Waals surface area contributed by atoms with Crippen LogP contribution in [0.3, 0.4) is 0 Å². The Labute approximate surface area is 112 Å². The van der Waals surface area contributed by atoms with Crippen molar-refractivity contribution >= 4 is 37.7 Å². The molecule has 22 valence electrons. The van der Waals surface area contributed by atoms with Gasteiger partial charge in [0.1, 0.15) is 0 Å². The van der Waals surface area contributed by atoms with E-state index in [-0.39, 0.29) is 115 Å². The van der Waals surface area contributed by atoms with Crippen LogP contribution in [0.25, 0.3) is 0 Å². The summed E-state index contributed by atoms with van der Waals surface area (Å²) in [6, 6.07) is 0. The van der Waals surface area contributed by atoms with Gasteiger partial charge in [-0.25, -0.2) is 0 Å². The minimum atomic E-state index is 0. The first-order valence-corrected chi connectivity index (χ1v) is 0. The van der Waals surface area contributed by atoms with Crippen LogP contribution in [-0.4, -0.2) is 37.7 Å². The molecule has 4 heteroatoms. The molecule has 0 rings (SSSR count). The molecule has 0 amide bonds. The minimum absolute atomic E-state index is 0. The average Bonchev–Trinajstić information content (AvgIpc) is 0. The summed E-state index contributed by atoms with van der Waals surface area (Å²) < 4.78 is 0. The van der Waals surface area contributed by atoms with E-state index in [2.05, 4.69) is 0 Å². The van der Waals surface area contributed by atoms with Crippen molar-refractivity contribution in [2.45, 2.75) is 0 Å². The molecule has 0 aliphatic heterocycles. The summed E-state index contributed by atoms with van der Waals surface area (Å²) in [7, 11) is 0.